The number of carbonyl (C=O) groups is 2. The first-order valence-corrected chi connectivity index (χ1v) is 10.1. The monoisotopic (exact) mass is 442 g/mol. The van der Waals surface area contributed by atoms with Crippen molar-refractivity contribution in [2.75, 3.05) is 19.9 Å². The van der Waals surface area contributed by atoms with Gasteiger partial charge in [0.15, 0.2) is 11.5 Å². The van der Waals surface area contributed by atoms with Gasteiger partial charge in [-0.05, 0) is 35.4 Å². The summed E-state index contributed by atoms with van der Waals surface area (Å²) in [6, 6.07) is 13.7. The van der Waals surface area contributed by atoms with E-state index in [2.05, 4.69) is 33.0 Å². The van der Waals surface area contributed by atoms with Gasteiger partial charge in [-0.1, -0.05) is 34.1 Å². The zero-order chi connectivity index (χ0) is 19.3. The fraction of sp³-hybridized carbons (Fsp3) is 0.333. The smallest absolute Gasteiger partial charge is 0.234 e. The molecule has 0 radical (unpaired) electrons. The summed E-state index contributed by atoms with van der Waals surface area (Å²) >= 11 is 3.49. The summed E-state index contributed by atoms with van der Waals surface area (Å²) in [4.78, 5) is 29.4. The van der Waals surface area contributed by atoms with Crippen molar-refractivity contribution in [2.24, 2.45) is 11.8 Å². The molecule has 0 bridgehead atoms. The zero-order valence-corrected chi connectivity index (χ0v) is 16.7. The summed E-state index contributed by atoms with van der Waals surface area (Å²) < 4.78 is 11.7. The molecule has 0 spiro atoms. The Hall–Kier alpha value is -2.38. The number of rotatable bonds is 4. The average molecular weight is 443 g/mol. The third-order valence-electron chi connectivity index (χ3n) is 5.63. The standard InChI is InChI=1S/C21H19BrN2O4/c22-15-3-1-2-13(6-15)8-23-10-16-17(11-23)21(26)24(20(16)25)9-14-4-5-18-19(7-14)28-12-27-18/h1-7,16-17H,8-12H2/t16-,17+. The molecule has 0 aromatic heterocycles. The summed E-state index contributed by atoms with van der Waals surface area (Å²) in [7, 11) is 0. The highest BCUT2D eigenvalue weighted by atomic mass is 79.9. The van der Waals surface area contributed by atoms with Gasteiger partial charge < -0.3 is 9.47 Å². The molecule has 2 amide bonds. The molecule has 0 unspecified atom stereocenters. The zero-order valence-electron chi connectivity index (χ0n) is 15.1. The van der Waals surface area contributed by atoms with Crippen LogP contribution in [0.1, 0.15) is 11.1 Å². The van der Waals surface area contributed by atoms with Crippen LogP contribution in [0.2, 0.25) is 0 Å². The van der Waals surface area contributed by atoms with E-state index in [9.17, 15) is 9.59 Å². The molecule has 3 aliphatic heterocycles. The van der Waals surface area contributed by atoms with Crippen LogP contribution in [-0.4, -0.2) is 41.5 Å². The van der Waals surface area contributed by atoms with Crippen molar-refractivity contribution in [1.29, 1.82) is 0 Å². The number of likely N-dealkylation sites (tertiary alicyclic amines) is 2. The first-order chi connectivity index (χ1) is 13.6. The van der Waals surface area contributed by atoms with Crippen molar-refractivity contribution in [2.45, 2.75) is 13.1 Å². The topological polar surface area (TPSA) is 59.1 Å². The number of benzene rings is 2. The van der Waals surface area contributed by atoms with E-state index >= 15 is 0 Å². The first-order valence-electron chi connectivity index (χ1n) is 9.29. The number of fused-ring (bicyclic) bond motifs is 2. The van der Waals surface area contributed by atoms with Gasteiger partial charge in [0.25, 0.3) is 0 Å². The van der Waals surface area contributed by atoms with Crippen LogP contribution in [0.25, 0.3) is 0 Å². The fourth-order valence-corrected chi connectivity index (χ4v) is 4.74. The van der Waals surface area contributed by atoms with Crippen LogP contribution in [0, 0.1) is 11.8 Å². The Kier molecular flexibility index (Phi) is 4.36. The Labute approximate surface area is 171 Å². The van der Waals surface area contributed by atoms with Crippen LogP contribution in [-0.2, 0) is 22.7 Å². The quantitative estimate of drug-likeness (QED) is 0.681. The van der Waals surface area contributed by atoms with Crippen LogP contribution in [0.5, 0.6) is 11.5 Å². The van der Waals surface area contributed by atoms with Crippen molar-refractivity contribution in [3.63, 3.8) is 0 Å². The molecule has 2 saturated heterocycles. The van der Waals surface area contributed by atoms with Gasteiger partial charge >= 0.3 is 0 Å². The van der Waals surface area contributed by atoms with E-state index in [0.717, 1.165) is 16.6 Å². The van der Waals surface area contributed by atoms with Gasteiger partial charge in [-0.2, -0.15) is 0 Å². The Morgan fingerprint density at radius 2 is 1.61 bits per heavy atom. The molecule has 3 heterocycles. The Morgan fingerprint density at radius 1 is 0.893 bits per heavy atom. The third-order valence-corrected chi connectivity index (χ3v) is 6.13. The van der Waals surface area contributed by atoms with Crippen LogP contribution >= 0.6 is 15.9 Å². The number of hydrogen-bond acceptors (Lipinski definition) is 5. The number of ether oxygens (including phenoxy) is 2. The SMILES string of the molecule is O=C1[C@H]2CN(Cc3cccc(Br)c3)C[C@H]2C(=O)N1Cc1ccc2c(c1)OCO2. The lowest BCUT2D eigenvalue weighted by Gasteiger charge is -2.21. The minimum Gasteiger partial charge on any atom is -0.454 e. The molecule has 2 aromatic carbocycles. The lowest BCUT2D eigenvalue weighted by molar-refractivity contribution is -0.141. The van der Waals surface area contributed by atoms with E-state index < -0.39 is 0 Å². The molecule has 2 fully saturated rings. The highest BCUT2D eigenvalue weighted by molar-refractivity contribution is 9.10. The van der Waals surface area contributed by atoms with E-state index in [-0.39, 0.29) is 37.0 Å². The molecule has 3 aliphatic rings. The molecule has 2 atom stereocenters. The Bertz CT molecular complexity index is 939. The maximum atomic E-state index is 12.9. The second-order valence-corrected chi connectivity index (χ2v) is 8.40. The van der Waals surface area contributed by atoms with E-state index in [0.29, 0.717) is 24.6 Å². The van der Waals surface area contributed by atoms with Gasteiger partial charge in [-0.15, -0.1) is 0 Å². The van der Waals surface area contributed by atoms with Gasteiger partial charge in [-0.3, -0.25) is 19.4 Å². The minimum atomic E-state index is -0.242. The highest BCUT2D eigenvalue weighted by Gasteiger charge is 2.52. The van der Waals surface area contributed by atoms with Gasteiger partial charge in [0, 0.05) is 24.1 Å². The van der Waals surface area contributed by atoms with E-state index in [1.165, 1.54) is 10.5 Å². The minimum absolute atomic E-state index is 0.0654. The van der Waals surface area contributed by atoms with Crippen molar-refractivity contribution in [3.8, 4) is 11.5 Å². The van der Waals surface area contributed by atoms with E-state index in [1.807, 2.05) is 30.3 Å². The van der Waals surface area contributed by atoms with Gasteiger partial charge in [0.1, 0.15) is 0 Å². The predicted molar refractivity (Wildman–Crippen MR) is 105 cm³/mol. The van der Waals surface area contributed by atoms with Crippen molar-refractivity contribution in [3.05, 3.63) is 58.1 Å². The summed E-state index contributed by atoms with van der Waals surface area (Å²) in [5, 5.41) is 0. The summed E-state index contributed by atoms with van der Waals surface area (Å²) in [5.74, 6) is 0.746. The summed E-state index contributed by atoms with van der Waals surface area (Å²) in [6.45, 7) is 2.49. The maximum absolute atomic E-state index is 12.9. The molecule has 7 heteroatoms. The van der Waals surface area contributed by atoms with Crippen LogP contribution in [0.4, 0.5) is 0 Å². The largest absolute Gasteiger partial charge is 0.454 e. The van der Waals surface area contributed by atoms with Crippen molar-refractivity contribution >= 4 is 27.7 Å². The molecule has 0 N–H and O–H groups in total. The Balaban J connectivity index is 1.27. The molecule has 2 aromatic rings. The second kappa shape index (κ2) is 6.90. The Morgan fingerprint density at radius 3 is 2.36 bits per heavy atom. The van der Waals surface area contributed by atoms with Gasteiger partial charge in [0.05, 0.1) is 18.4 Å². The van der Waals surface area contributed by atoms with Crippen molar-refractivity contribution < 1.29 is 19.1 Å². The lowest BCUT2D eigenvalue weighted by Crippen LogP contribution is -2.35. The van der Waals surface area contributed by atoms with Gasteiger partial charge in [-0.25, -0.2) is 0 Å². The number of halogens is 1. The molecule has 5 rings (SSSR count). The normalized spacial score (nSPS) is 23.5. The van der Waals surface area contributed by atoms with E-state index in [1.54, 1.807) is 0 Å². The average Bonchev–Trinajstić information content (AvgIpc) is 3.35. The molecule has 6 nitrogen and oxygen atoms in total. The fourth-order valence-electron chi connectivity index (χ4n) is 4.30. The number of amides is 2. The summed E-state index contributed by atoms with van der Waals surface area (Å²) in [6.07, 6.45) is 0. The number of carbonyl (C=O) groups excluding carboxylic acids is 2. The first kappa shape index (κ1) is 17.7. The third kappa shape index (κ3) is 3.08. The maximum Gasteiger partial charge on any atom is 0.234 e. The number of hydrogen-bond donors (Lipinski definition) is 0. The number of imide groups is 1. The molecular weight excluding hydrogens is 424 g/mol. The summed E-state index contributed by atoms with van der Waals surface area (Å²) in [5.41, 5.74) is 2.04. The molecular formula is C21H19BrN2O4. The van der Waals surface area contributed by atoms with Crippen LogP contribution in [0.15, 0.2) is 46.9 Å². The van der Waals surface area contributed by atoms with Gasteiger partial charge in [0.2, 0.25) is 18.6 Å². The molecule has 28 heavy (non-hydrogen) atoms. The molecule has 0 saturated carbocycles. The van der Waals surface area contributed by atoms with Crippen LogP contribution < -0.4 is 9.47 Å². The highest BCUT2D eigenvalue weighted by Crippen LogP contribution is 2.37. The predicted octanol–water partition coefficient (Wildman–Crippen LogP) is 2.79. The number of nitrogens with zero attached hydrogens (tertiary/aromatic N) is 2. The second-order valence-electron chi connectivity index (χ2n) is 7.49. The lowest BCUT2D eigenvalue weighted by atomic mass is 10.00. The van der Waals surface area contributed by atoms with E-state index in [4.69, 9.17) is 9.47 Å². The molecule has 144 valence electrons. The van der Waals surface area contributed by atoms with Crippen molar-refractivity contribution in [1.82, 2.24) is 9.80 Å². The van der Waals surface area contributed by atoms with Crippen LogP contribution in [0.3, 0.4) is 0 Å². The molecule has 0 aliphatic carbocycles.